The summed E-state index contributed by atoms with van der Waals surface area (Å²) in [5.41, 5.74) is 0.575. The summed E-state index contributed by atoms with van der Waals surface area (Å²) in [7, 11) is 0. The summed E-state index contributed by atoms with van der Waals surface area (Å²) in [6.07, 6.45) is 4.03. The SMILES string of the molecule is O=C(O)[C@@H]1CCCCN1C(=O)C1(c2ccccc2)CC1. The fraction of sp³-hybridized carbons (Fsp3) is 0.500. The van der Waals surface area contributed by atoms with Crippen LogP contribution in [0.1, 0.15) is 37.7 Å². The molecule has 0 radical (unpaired) electrons. The van der Waals surface area contributed by atoms with Gasteiger partial charge in [-0.25, -0.2) is 4.79 Å². The third-order valence-corrected chi connectivity index (χ3v) is 4.53. The molecule has 0 bridgehead atoms. The predicted molar refractivity (Wildman–Crippen MR) is 74.3 cm³/mol. The molecule has 1 aliphatic heterocycles. The molecule has 2 aliphatic rings. The lowest BCUT2D eigenvalue weighted by Crippen LogP contribution is -2.51. The van der Waals surface area contributed by atoms with E-state index in [1.165, 1.54) is 0 Å². The average Bonchev–Trinajstić information content (AvgIpc) is 3.29. The van der Waals surface area contributed by atoms with Gasteiger partial charge in [0.25, 0.3) is 0 Å². The summed E-state index contributed by atoms with van der Waals surface area (Å²) in [4.78, 5) is 25.8. The highest BCUT2D eigenvalue weighted by atomic mass is 16.4. The predicted octanol–water partition coefficient (Wildman–Crippen LogP) is 2.18. The van der Waals surface area contributed by atoms with Crippen LogP contribution in [-0.2, 0) is 15.0 Å². The van der Waals surface area contributed by atoms with Gasteiger partial charge in [-0.05, 0) is 37.7 Å². The van der Waals surface area contributed by atoms with E-state index in [0.717, 1.165) is 31.2 Å². The Morgan fingerprint density at radius 2 is 1.85 bits per heavy atom. The molecule has 1 N–H and O–H groups in total. The smallest absolute Gasteiger partial charge is 0.326 e. The van der Waals surface area contributed by atoms with Crippen molar-refractivity contribution in [2.75, 3.05) is 6.54 Å². The molecule has 20 heavy (non-hydrogen) atoms. The number of likely N-dealkylation sites (tertiary alicyclic amines) is 1. The number of hydrogen-bond acceptors (Lipinski definition) is 2. The lowest BCUT2D eigenvalue weighted by molar-refractivity contribution is -0.153. The highest BCUT2D eigenvalue weighted by Crippen LogP contribution is 2.50. The Hall–Kier alpha value is -1.84. The van der Waals surface area contributed by atoms with E-state index in [4.69, 9.17) is 0 Å². The largest absolute Gasteiger partial charge is 0.480 e. The zero-order chi connectivity index (χ0) is 14.2. The molecule has 1 amide bonds. The molecule has 4 nitrogen and oxygen atoms in total. The van der Waals surface area contributed by atoms with Crippen LogP contribution >= 0.6 is 0 Å². The average molecular weight is 273 g/mol. The van der Waals surface area contributed by atoms with Gasteiger partial charge >= 0.3 is 5.97 Å². The third kappa shape index (κ3) is 2.09. The number of piperidine rings is 1. The normalized spacial score (nSPS) is 24.2. The zero-order valence-corrected chi connectivity index (χ0v) is 11.4. The highest BCUT2D eigenvalue weighted by molar-refractivity contribution is 5.94. The van der Waals surface area contributed by atoms with Crippen molar-refractivity contribution in [1.82, 2.24) is 4.90 Å². The summed E-state index contributed by atoms with van der Waals surface area (Å²) < 4.78 is 0. The molecule has 1 atom stereocenters. The number of carbonyl (C=O) groups is 2. The first-order chi connectivity index (χ1) is 9.65. The second-order valence-electron chi connectivity index (χ2n) is 5.80. The fourth-order valence-electron chi connectivity index (χ4n) is 3.21. The van der Waals surface area contributed by atoms with E-state index in [2.05, 4.69) is 0 Å². The summed E-state index contributed by atoms with van der Waals surface area (Å²) in [6.45, 7) is 0.574. The van der Waals surface area contributed by atoms with Crippen LogP contribution in [0.2, 0.25) is 0 Å². The number of hydrogen-bond donors (Lipinski definition) is 1. The van der Waals surface area contributed by atoms with Crippen molar-refractivity contribution in [1.29, 1.82) is 0 Å². The zero-order valence-electron chi connectivity index (χ0n) is 11.4. The van der Waals surface area contributed by atoms with Crippen molar-refractivity contribution in [3.63, 3.8) is 0 Å². The Labute approximate surface area is 118 Å². The van der Waals surface area contributed by atoms with Crippen LogP contribution in [0.15, 0.2) is 30.3 Å². The van der Waals surface area contributed by atoms with E-state index in [0.29, 0.717) is 13.0 Å². The molecule has 1 aromatic carbocycles. The molecule has 106 valence electrons. The van der Waals surface area contributed by atoms with E-state index in [1.54, 1.807) is 4.90 Å². The van der Waals surface area contributed by atoms with Gasteiger partial charge in [-0.2, -0.15) is 0 Å². The van der Waals surface area contributed by atoms with Crippen molar-refractivity contribution in [2.24, 2.45) is 0 Å². The van der Waals surface area contributed by atoms with Crippen molar-refractivity contribution in [3.05, 3.63) is 35.9 Å². The summed E-state index contributed by atoms with van der Waals surface area (Å²) in [5.74, 6) is -0.863. The maximum Gasteiger partial charge on any atom is 0.326 e. The molecule has 4 heteroatoms. The molecule has 1 saturated heterocycles. The van der Waals surface area contributed by atoms with E-state index in [1.807, 2.05) is 30.3 Å². The Morgan fingerprint density at radius 1 is 1.15 bits per heavy atom. The molecule has 1 saturated carbocycles. The monoisotopic (exact) mass is 273 g/mol. The molecule has 0 aromatic heterocycles. The van der Waals surface area contributed by atoms with E-state index < -0.39 is 17.4 Å². The third-order valence-electron chi connectivity index (χ3n) is 4.53. The number of amides is 1. The van der Waals surface area contributed by atoms with Crippen LogP contribution in [0.4, 0.5) is 0 Å². The van der Waals surface area contributed by atoms with Crippen molar-refractivity contribution in [2.45, 2.75) is 43.6 Å². The highest BCUT2D eigenvalue weighted by Gasteiger charge is 2.54. The van der Waals surface area contributed by atoms with Crippen molar-refractivity contribution >= 4 is 11.9 Å². The van der Waals surface area contributed by atoms with Gasteiger partial charge < -0.3 is 10.0 Å². The number of nitrogens with zero attached hydrogens (tertiary/aromatic N) is 1. The first-order valence-corrected chi connectivity index (χ1v) is 7.24. The number of carboxylic acid groups (broad SMARTS) is 1. The summed E-state index contributed by atoms with van der Waals surface area (Å²) >= 11 is 0. The number of carbonyl (C=O) groups excluding carboxylic acids is 1. The standard InChI is InChI=1S/C16H19NO3/c18-14(19)13-8-4-5-11-17(13)15(20)16(9-10-16)12-6-2-1-3-7-12/h1-3,6-7,13H,4-5,8-11H2,(H,18,19)/t13-/m0/s1. The molecule has 0 spiro atoms. The second kappa shape index (κ2) is 4.93. The van der Waals surface area contributed by atoms with Crippen molar-refractivity contribution < 1.29 is 14.7 Å². The maximum absolute atomic E-state index is 12.9. The van der Waals surface area contributed by atoms with Gasteiger partial charge in [0.05, 0.1) is 5.41 Å². The number of aliphatic carboxylic acids is 1. The Balaban J connectivity index is 1.86. The Bertz CT molecular complexity index is 522. The number of rotatable bonds is 3. The lowest BCUT2D eigenvalue weighted by Gasteiger charge is -2.35. The van der Waals surface area contributed by atoms with Gasteiger partial charge in [0.15, 0.2) is 0 Å². The second-order valence-corrected chi connectivity index (χ2v) is 5.80. The minimum absolute atomic E-state index is 0.0100. The minimum Gasteiger partial charge on any atom is -0.480 e. The Morgan fingerprint density at radius 3 is 2.45 bits per heavy atom. The van der Waals surface area contributed by atoms with Gasteiger partial charge in [0, 0.05) is 6.54 Å². The molecule has 1 aliphatic carbocycles. The molecular weight excluding hydrogens is 254 g/mol. The summed E-state index contributed by atoms with van der Waals surface area (Å²) in [6, 6.07) is 9.12. The van der Waals surface area contributed by atoms with E-state index in [-0.39, 0.29) is 5.91 Å². The number of benzene rings is 1. The maximum atomic E-state index is 12.9. The van der Waals surface area contributed by atoms with Crippen LogP contribution in [-0.4, -0.2) is 34.5 Å². The molecule has 1 heterocycles. The Kier molecular flexibility index (Phi) is 3.24. The van der Waals surface area contributed by atoms with Crippen LogP contribution in [0.25, 0.3) is 0 Å². The van der Waals surface area contributed by atoms with Gasteiger partial charge in [-0.15, -0.1) is 0 Å². The molecule has 1 aromatic rings. The van der Waals surface area contributed by atoms with Crippen LogP contribution in [0.3, 0.4) is 0 Å². The topological polar surface area (TPSA) is 57.6 Å². The van der Waals surface area contributed by atoms with E-state index >= 15 is 0 Å². The van der Waals surface area contributed by atoms with Crippen LogP contribution in [0.5, 0.6) is 0 Å². The van der Waals surface area contributed by atoms with Crippen LogP contribution in [0, 0.1) is 0 Å². The van der Waals surface area contributed by atoms with Gasteiger partial charge in [-0.3, -0.25) is 4.79 Å². The van der Waals surface area contributed by atoms with Crippen molar-refractivity contribution in [3.8, 4) is 0 Å². The first-order valence-electron chi connectivity index (χ1n) is 7.24. The number of carboxylic acids is 1. The van der Waals surface area contributed by atoms with Gasteiger partial charge in [0.2, 0.25) is 5.91 Å². The van der Waals surface area contributed by atoms with E-state index in [9.17, 15) is 14.7 Å². The lowest BCUT2D eigenvalue weighted by atomic mass is 9.91. The molecule has 3 rings (SSSR count). The summed E-state index contributed by atoms with van der Waals surface area (Å²) in [5, 5.41) is 9.32. The fourth-order valence-corrected chi connectivity index (χ4v) is 3.21. The van der Waals surface area contributed by atoms with Crippen LogP contribution < -0.4 is 0 Å². The van der Waals surface area contributed by atoms with Gasteiger partial charge in [-0.1, -0.05) is 30.3 Å². The van der Waals surface area contributed by atoms with Gasteiger partial charge in [0.1, 0.15) is 6.04 Å². The molecular formula is C16H19NO3. The molecule has 0 unspecified atom stereocenters. The minimum atomic E-state index is -0.873. The first kappa shape index (κ1) is 13.2. The quantitative estimate of drug-likeness (QED) is 0.918. The molecule has 2 fully saturated rings.